The summed E-state index contributed by atoms with van der Waals surface area (Å²) in [6, 6.07) is 12.3. The van der Waals surface area contributed by atoms with Crippen LogP contribution in [0.2, 0.25) is 0 Å². The van der Waals surface area contributed by atoms with Crippen LogP contribution < -0.4 is 15.0 Å². The highest BCUT2D eigenvalue weighted by molar-refractivity contribution is 7.07. The number of carbonyl (C=O) groups is 1. The fraction of sp³-hybridized carbons (Fsp3) is 0.304. The molecule has 1 aliphatic rings. The van der Waals surface area contributed by atoms with Crippen LogP contribution in [0.25, 0.3) is 0 Å². The van der Waals surface area contributed by atoms with Crippen LogP contribution in [0.5, 0.6) is 5.75 Å². The van der Waals surface area contributed by atoms with Gasteiger partial charge in [0.1, 0.15) is 18.2 Å². The highest BCUT2D eigenvalue weighted by Gasteiger charge is 2.24. The lowest BCUT2D eigenvalue weighted by molar-refractivity contribution is 0.0928. The van der Waals surface area contributed by atoms with Crippen molar-refractivity contribution < 1.29 is 13.9 Å². The molecule has 1 saturated heterocycles. The lowest BCUT2D eigenvalue weighted by Gasteiger charge is -2.35. The number of nitrogens with one attached hydrogen (secondary N) is 1. The summed E-state index contributed by atoms with van der Waals surface area (Å²) in [5.41, 5.74) is 4.69. The summed E-state index contributed by atoms with van der Waals surface area (Å²) in [5.74, 6) is 0.120. The van der Waals surface area contributed by atoms with Crippen molar-refractivity contribution in [1.29, 1.82) is 0 Å². The van der Waals surface area contributed by atoms with Crippen molar-refractivity contribution in [2.45, 2.75) is 32.4 Å². The normalized spacial score (nSPS) is 16.3. The first-order valence-electron chi connectivity index (χ1n) is 10.0. The van der Waals surface area contributed by atoms with Crippen LogP contribution in [0.3, 0.4) is 0 Å². The Kier molecular flexibility index (Phi) is 6.28. The van der Waals surface area contributed by atoms with Gasteiger partial charge in [-0.25, -0.2) is 9.37 Å². The molecular formula is C23H24FN3O2S. The molecule has 30 heavy (non-hydrogen) atoms. The zero-order chi connectivity index (χ0) is 20.9. The third-order valence-electron chi connectivity index (χ3n) is 5.19. The van der Waals surface area contributed by atoms with Crippen molar-refractivity contribution in [2.24, 2.45) is 0 Å². The second-order valence-electron chi connectivity index (χ2n) is 7.48. The standard InChI is InChI=1S/C23H24FN3O2S/c1-16-8-9-20(24)21(11-16)27-10-4-5-17(12-27)26-23(28)19-6-2-3-7-22(19)29-13-18-14-30-15-25-18/h2-3,6-9,11,14-15,17H,4-5,10,12-13H2,1H3,(H,26,28). The van der Waals surface area contributed by atoms with Gasteiger partial charge in [-0.1, -0.05) is 18.2 Å². The topological polar surface area (TPSA) is 54.5 Å². The number of piperidine rings is 1. The molecule has 1 N–H and O–H groups in total. The number of benzene rings is 2. The molecule has 0 aliphatic carbocycles. The smallest absolute Gasteiger partial charge is 0.255 e. The zero-order valence-electron chi connectivity index (χ0n) is 16.8. The van der Waals surface area contributed by atoms with Gasteiger partial charge in [0.05, 0.1) is 22.5 Å². The van der Waals surface area contributed by atoms with E-state index in [1.807, 2.05) is 35.4 Å². The van der Waals surface area contributed by atoms with Gasteiger partial charge in [0, 0.05) is 24.5 Å². The number of thiazole rings is 1. The van der Waals surface area contributed by atoms with Gasteiger partial charge < -0.3 is 15.0 Å². The molecule has 0 spiro atoms. The summed E-state index contributed by atoms with van der Waals surface area (Å²) >= 11 is 1.51. The van der Waals surface area contributed by atoms with Gasteiger partial charge in [-0.05, 0) is 49.6 Å². The number of hydrogen-bond acceptors (Lipinski definition) is 5. The van der Waals surface area contributed by atoms with Crippen molar-refractivity contribution in [1.82, 2.24) is 10.3 Å². The maximum absolute atomic E-state index is 14.3. The molecule has 3 aromatic rings. The molecule has 2 aromatic carbocycles. The Morgan fingerprint density at radius 3 is 3.03 bits per heavy atom. The number of para-hydroxylation sites is 1. The summed E-state index contributed by atoms with van der Waals surface area (Å²) in [4.78, 5) is 19.2. The van der Waals surface area contributed by atoms with Crippen molar-refractivity contribution in [3.8, 4) is 5.75 Å². The Morgan fingerprint density at radius 1 is 1.33 bits per heavy atom. The van der Waals surface area contributed by atoms with E-state index in [0.717, 1.165) is 30.6 Å². The quantitative estimate of drug-likeness (QED) is 0.629. The van der Waals surface area contributed by atoms with Crippen LogP contribution in [0.1, 0.15) is 34.5 Å². The molecular weight excluding hydrogens is 401 g/mol. The number of anilines is 1. The van der Waals surface area contributed by atoms with E-state index in [1.165, 1.54) is 17.4 Å². The first kappa shape index (κ1) is 20.3. The predicted molar refractivity (Wildman–Crippen MR) is 117 cm³/mol. The minimum atomic E-state index is -0.228. The van der Waals surface area contributed by atoms with Crippen molar-refractivity contribution in [3.05, 3.63) is 76.0 Å². The number of halogens is 1. The van der Waals surface area contributed by atoms with Crippen LogP contribution >= 0.6 is 11.3 Å². The molecule has 1 amide bonds. The third kappa shape index (κ3) is 4.79. The fourth-order valence-corrected chi connectivity index (χ4v) is 4.23. The van der Waals surface area contributed by atoms with Crippen LogP contribution in [0.15, 0.2) is 53.4 Å². The highest BCUT2D eigenvalue weighted by atomic mass is 32.1. The van der Waals surface area contributed by atoms with Gasteiger partial charge in [0.15, 0.2) is 0 Å². The largest absolute Gasteiger partial charge is 0.486 e. The molecule has 0 radical (unpaired) electrons. The predicted octanol–water partition coefficient (Wildman–Crippen LogP) is 4.57. The van der Waals surface area contributed by atoms with Crippen LogP contribution in [0.4, 0.5) is 10.1 Å². The highest BCUT2D eigenvalue weighted by Crippen LogP contribution is 2.25. The van der Waals surface area contributed by atoms with E-state index in [-0.39, 0.29) is 17.8 Å². The number of carbonyl (C=O) groups excluding carboxylic acids is 1. The molecule has 1 fully saturated rings. The van der Waals surface area contributed by atoms with Gasteiger partial charge in [-0.3, -0.25) is 4.79 Å². The number of hydrogen-bond donors (Lipinski definition) is 1. The number of nitrogens with zero attached hydrogens (tertiary/aromatic N) is 2. The number of ether oxygens (including phenoxy) is 1. The lowest BCUT2D eigenvalue weighted by atomic mass is 10.0. The fourth-order valence-electron chi connectivity index (χ4n) is 3.68. The van der Waals surface area contributed by atoms with Crippen LogP contribution in [0, 0.1) is 12.7 Å². The van der Waals surface area contributed by atoms with E-state index in [2.05, 4.69) is 10.3 Å². The summed E-state index contributed by atoms with van der Waals surface area (Å²) < 4.78 is 20.1. The molecule has 7 heteroatoms. The number of aromatic nitrogens is 1. The summed E-state index contributed by atoms with van der Waals surface area (Å²) in [5, 5.41) is 5.03. The molecule has 0 bridgehead atoms. The lowest BCUT2D eigenvalue weighted by Crippen LogP contribution is -2.48. The summed E-state index contributed by atoms with van der Waals surface area (Å²) in [7, 11) is 0. The molecule has 4 rings (SSSR count). The monoisotopic (exact) mass is 425 g/mol. The average molecular weight is 426 g/mol. The Bertz CT molecular complexity index is 1010. The second kappa shape index (κ2) is 9.26. The molecule has 1 atom stereocenters. The second-order valence-corrected chi connectivity index (χ2v) is 8.20. The minimum absolute atomic E-state index is 0.0576. The molecule has 0 saturated carbocycles. The number of amides is 1. The molecule has 1 aromatic heterocycles. The minimum Gasteiger partial charge on any atom is -0.486 e. The SMILES string of the molecule is Cc1ccc(F)c(N2CCCC(NC(=O)c3ccccc3OCc3cscn3)C2)c1. The molecule has 1 unspecified atom stereocenters. The summed E-state index contributed by atoms with van der Waals surface area (Å²) in [6.07, 6.45) is 1.75. The molecule has 156 valence electrons. The van der Waals surface area contributed by atoms with E-state index >= 15 is 0 Å². The van der Waals surface area contributed by atoms with Gasteiger partial charge in [-0.15, -0.1) is 11.3 Å². The maximum Gasteiger partial charge on any atom is 0.255 e. The Balaban J connectivity index is 1.43. The van der Waals surface area contributed by atoms with E-state index in [0.29, 0.717) is 30.2 Å². The van der Waals surface area contributed by atoms with E-state index < -0.39 is 0 Å². The Labute approximate surface area is 179 Å². The first-order chi connectivity index (χ1) is 14.6. The third-order valence-corrected chi connectivity index (χ3v) is 5.82. The summed E-state index contributed by atoms with van der Waals surface area (Å²) in [6.45, 7) is 3.63. The maximum atomic E-state index is 14.3. The van der Waals surface area contributed by atoms with Crippen molar-refractivity contribution in [2.75, 3.05) is 18.0 Å². The van der Waals surface area contributed by atoms with Crippen LogP contribution in [-0.4, -0.2) is 30.0 Å². The van der Waals surface area contributed by atoms with Crippen LogP contribution in [-0.2, 0) is 6.61 Å². The van der Waals surface area contributed by atoms with Gasteiger partial charge >= 0.3 is 0 Å². The zero-order valence-corrected chi connectivity index (χ0v) is 17.6. The van der Waals surface area contributed by atoms with Gasteiger partial charge in [0.25, 0.3) is 5.91 Å². The van der Waals surface area contributed by atoms with Crippen molar-refractivity contribution >= 4 is 22.9 Å². The average Bonchev–Trinajstić information content (AvgIpc) is 3.28. The van der Waals surface area contributed by atoms with E-state index in [1.54, 1.807) is 23.7 Å². The number of aryl methyl sites for hydroxylation is 1. The van der Waals surface area contributed by atoms with Gasteiger partial charge in [0.2, 0.25) is 0 Å². The van der Waals surface area contributed by atoms with Gasteiger partial charge in [-0.2, -0.15) is 0 Å². The van der Waals surface area contributed by atoms with Crippen molar-refractivity contribution in [3.63, 3.8) is 0 Å². The first-order valence-corrected chi connectivity index (χ1v) is 11.0. The molecule has 5 nitrogen and oxygen atoms in total. The Morgan fingerprint density at radius 2 is 2.20 bits per heavy atom. The Hall–Kier alpha value is -2.93. The molecule has 2 heterocycles. The number of rotatable bonds is 6. The van der Waals surface area contributed by atoms with E-state index in [4.69, 9.17) is 4.74 Å². The van der Waals surface area contributed by atoms with E-state index in [9.17, 15) is 9.18 Å². The molecule has 1 aliphatic heterocycles.